The number of rotatable bonds is 5. The van der Waals surface area contributed by atoms with E-state index in [0.29, 0.717) is 24.9 Å². The van der Waals surface area contributed by atoms with Crippen molar-refractivity contribution in [1.82, 2.24) is 9.80 Å². The number of hydrogen-bond donors (Lipinski definition) is 1. The zero-order chi connectivity index (χ0) is 13.7. The molecule has 1 aliphatic heterocycles. The predicted molar refractivity (Wildman–Crippen MR) is 77.9 cm³/mol. The lowest BCUT2D eigenvalue weighted by atomic mass is 10.1. The van der Waals surface area contributed by atoms with Crippen LogP contribution in [0, 0.1) is 0 Å². The Labute approximate surface area is 117 Å². The van der Waals surface area contributed by atoms with Crippen molar-refractivity contribution in [3.8, 4) is 0 Å². The van der Waals surface area contributed by atoms with Crippen LogP contribution in [0.3, 0.4) is 0 Å². The Bertz CT molecular complexity index is 283. The van der Waals surface area contributed by atoms with Gasteiger partial charge in [0.05, 0.1) is 0 Å². The van der Waals surface area contributed by atoms with Gasteiger partial charge in [0.2, 0.25) is 5.91 Å². The molecule has 1 saturated carbocycles. The molecule has 4 heteroatoms. The number of nitrogens with zero attached hydrogens (tertiary/aromatic N) is 2. The van der Waals surface area contributed by atoms with Gasteiger partial charge in [0, 0.05) is 38.1 Å². The standard InChI is InChI=1S/C15H29N3O/c1-17(13-7-3-4-8-13)14(12-16)11-15(19)18-9-5-2-6-10-18/h13-14H,2-12,16H2,1H3. The third-order valence-electron chi connectivity index (χ3n) is 4.87. The molecule has 1 saturated heterocycles. The predicted octanol–water partition coefficient (Wildman–Crippen LogP) is 1.59. The maximum absolute atomic E-state index is 12.3. The number of likely N-dealkylation sites (N-methyl/N-ethyl adjacent to an activating group) is 1. The number of carbonyl (C=O) groups is 1. The lowest BCUT2D eigenvalue weighted by Gasteiger charge is -2.34. The van der Waals surface area contributed by atoms with Crippen molar-refractivity contribution in [3.05, 3.63) is 0 Å². The van der Waals surface area contributed by atoms with Gasteiger partial charge < -0.3 is 10.6 Å². The van der Waals surface area contributed by atoms with Crippen LogP contribution in [0.25, 0.3) is 0 Å². The van der Waals surface area contributed by atoms with Gasteiger partial charge in [-0.15, -0.1) is 0 Å². The number of hydrogen-bond acceptors (Lipinski definition) is 3. The van der Waals surface area contributed by atoms with E-state index in [1.807, 2.05) is 4.90 Å². The summed E-state index contributed by atoms with van der Waals surface area (Å²) in [6.45, 7) is 2.49. The van der Waals surface area contributed by atoms with E-state index in [1.54, 1.807) is 0 Å². The first-order valence-corrected chi connectivity index (χ1v) is 7.92. The van der Waals surface area contributed by atoms with E-state index >= 15 is 0 Å². The van der Waals surface area contributed by atoms with Gasteiger partial charge in [-0.05, 0) is 39.2 Å². The van der Waals surface area contributed by atoms with Gasteiger partial charge in [-0.3, -0.25) is 9.69 Å². The van der Waals surface area contributed by atoms with Crippen molar-refractivity contribution in [2.45, 2.75) is 63.5 Å². The summed E-state index contributed by atoms with van der Waals surface area (Å²) in [5, 5.41) is 0. The van der Waals surface area contributed by atoms with Crippen molar-refractivity contribution in [2.24, 2.45) is 5.73 Å². The molecule has 110 valence electrons. The summed E-state index contributed by atoms with van der Waals surface area (Å²) in [5.41, 5.74) is 5.91. The van der Waals surface area contributed by atoms with Crippen LogP contribution in [0.1, 0.15) is 51.4 Å². The molecule has 1 heterocycles. The lowest BCUT2D eigenvalue weighted by Crippen LogP contribution is -2.47. The van der Waals surface area contributed by atoms with Gasteiger partial charge >= 0.3 is 0 Å². The molecule has 1 atom stereocenters. The lowest BCUT2D eigenvalue weighted by molar-refractivity contribution is -0.133. The van der Waals surface area contributed by atoms with Gasteiger partial charge in [0.25, 0.3) is 0 Å². The average molecular weight is 267 g/mol. The fourth-order valence-corrected chi connectivity index (χ4v) is 3.48. The van der Waals surface area contributed by atoms with Gasteiger partial charge in [-0.25, -0.2) is 0 Å². The highest BCUT2D eigenvalue weighted by atomic mass is 16.2. The molecule has 0 bridgehead atoms. The molecular formula is C15H29N3O. The smallest absolute Gasteiger partial charge is 0.224 e. The summed E-state index contributed by atoms with van der Waals surface area (Å²) in [4.78, 5) is 16.7. The number of nitrogens with two attached hydrogens (primary N) is 1. The minimum Gasteiger partial charge on any atom is -0.343 e. The Morgan fingerprint density at radius 3 is 2.42 bits per heavy atom. The molecule has 1 amide bonds. The second-order valence-electron chi connectivity index (χ2n) is 6.14. The fourth-order valence-electron chi connectivity index (χ4n) is 3.48. The second kappa shape index (κ2) is 7.25. The minimum atomic E-state index is 0.220. The minimum absolute atomic E-state index is 0.220. The molecule has 0 aromatic carbocycles. The quantitative estimate of drug-likeness (QED) is 0.823. The molecule has 19 heavy (non-hydrogen) atoms. The molecule has 4 nitrogen and oxygen atoms in total. The molecule has 2 rings (SSSR count). The number of carbonyl (C=O) groups excluding carboxylic acids is 1. The normalized spacial score (nSPS) is 23.0. The number of amides is 1. The Balaban J connectivity index is 1.84. The van der Waals surface area contributed by atoms with Crippen molar-refractivity contribution in [1.29, 1.82) is 0 Å². The highest BCUT2D eigenvalue weighted by Crippen LogP contribution is 2.24. The monoisotopic (exact) mass is 267 g/mol. The maximum atomic E-state index is 12.3. The summed E-state index contributed by atoms with van der Waals surface area (Å²) in [5.74, 6) is 0.306. The van der Waals surface area contributed by atoms with Crippen LogP contribution in [-0.4, -0.2) is 54.5 Å². The van der Waals surface area contributed by atoms with E-state index in [9.17, 15) is 4.79 Å². The Morgan fingerprint density at radius 2 is 1.84 bits per heavy atom. The molecule has 2 fully saturated rings. The zero-order valence-corrected chi connectivity index (χ0v) is 12.3. The number of piperidine rings is 1. The van der Waals surface area contributed by atoms with E-state index in [-0.39, 0.29) is 6.04 Å². The van der Waals surface area contributed by atoms with E-state index in [0.717, 1.165) is 25.9 Å². The average Bonchev–Trinajstić information content (AvgIpc) is 2.99. The molecule has 0 aromatic rings. The zero-order valence-electron chi connectivity index (χ0n) is 12.3. The van der Waals surface area contributed by atoms with Crippen molar-refractivity contribution < 1.29 is 4.79 Å². The topological polar surface area (TPSA) is 49.6 Å². The Hall–Kier alpha value is -0.610. The van der Waals surface area contributed by atoms with Crippen LogP contribution in [0.4, 0.5) is 0 Å². The van der Waals surface area contributed by atoms with E-state index < -0.39 is 0 Å². The van der Waals surface area contributed by atoms with E-state index in [1.165, 1.54) is 32.1 Å². The molecule has 0 spiro atoms. The van der Waals surface area contributed by atoms with Crippen LogP contribution < -0.4 is 5.73 Å². The van der Waals surface area contributed by atoms with Crippen LogP contribution >= 0.6 is 0 Å². The van der Waals surface area contributed by atoms with Gasteiger partial charge in [-0.1, -0.05) is 12.8 Å². The van der Waals surface area contributed by atoms with Crippen molar-refractivity contribution in [3.63, 3.8) is 0 Å². The number of likely N-dealkylation sites (tertiary alicyclic amines) is 1. The van der Waals surface area contributed by atoms with Crippen molar-refractivity contribution in [2.75, 3.05) is 26.7 Å². The first kappa shape index (κ1) is 14.8. The molecule has 1 unspecified atom stereocenters. The third-order valence-corrected chi connectivity index (χ3v) is 4.87. The van der Waals surface area contributed by atoms with Crippen LogP contribution in [-0.2, 0) is 4.79 Å². The summed E-state index contributed by atoms with van der Waals surface area (Å²) in [6.07, 6.45) is 9.39. The molecule has 0 aromatic heterocycles. The van der Waals surface area contributed by atoms with Crippen LogP contribution in [0.2, 0.25) is 0 Å². The molecule has 1 aliphatic carbocycles. The Kier molecular flexibility index (Phi) is 5.64. The maximum Gasteiger partial charge on any atom is 0.224 e. The summed E-state index contributed by atoms with van der Waals surface area (Å²) in [7, 11) is 2.15. The molecule has 2 N–H and O–H groups in total. The fraction of sp³-hybridized carbons (Fsp3) is 0.933. The van der Waals surface area contributed by atoms with E-state index in [4.69, 9.17) is 5.73 Å². The molecular weight excluding hydrogens is 238 g/mol. The highest BCUT2D eigenvalue weighted by Gasteiger charge is 2.28. The first-order chi connectivity index (χ1) is 9.22. The van der Waals surface area contributed by atoms with Crippen LogP contribution in [0.5, 0.6) is 0 Å². The molecule has 0 radical (unpaired) electrons. The molecule has 2 aliphatic rings. The van der Waals surface area contributed by atoms with Gasteiger partial charge in [0.1, 0.15) is 0 Å². The largest absolute Gasteiger partial charge is 0.343 e. The first-order valence-electron chi connectivity index (χ1n) is 7.92. The second-order valence-corrected chi connectivity index (χ2v) is 6.14. The van der Waals surface area contributed by atoms with Gasteiger partial charge in [-0.2, -0.15) is 0 Å². The summed E-state index contributed by atoms with van der Waals surface area (Å²) >= 11 is 0. The van der Waals surface area contributed by atoms with Crippen molar-refractivity contribution >= 4 is 5.91 Å². The SMILES string of the molecule is CN(C1CCCC1)C(CN)CC(=O)N1CCCCC1. The Morgan fingerprint density at radius 1 is 1.21 bits per heavy atom. The highest BCUT2D eigenvalue weighted by molar-refractivity contribution is 5.77. The van der Waals surface area contributed by atoms with E-state index in [2.05, 4.69) is 11.9 Å². The summed E-state index contributed by atoms with van der Waals surface area (Å²) < 4.78 is 0. The van der Waals surface area contributed by atoms with Crippen LogP contribution in [0.15, 0.2) is 0 Å². The summed E-state index contributed by atoms with van der Waals surface area (Å²) in [6, 6.07) is 0.861. The van der Waals surface area contributed by atoms with Gasteiger partial charge in [0.15, 0.2) is 0 Å². The third kappa shape index (κ3) is 3.93.